The third-order valence-electron chi connectivity index (χ3n) is 1.66. The third kappa shape index (κ3) is 1.22. The summed E-state index contributed by atoms with van der Waals surface area (Å²) >= 11 is 0. The average molecular weight is 124 g/mol. The highest BCUT2D eigenvalue weighted by atomic mass is 16.3. The van der Waals surface area contributed by atoms with E-state index >= 15 is 0 Å². The van der Waals surface area contributed by atoms with Gasteiger partial charge in [0.25, 0.3) is 0 Å². The van der Waals surface area contributed by atoms with Crippen molar-refractivity contribution in [3.05, 3.63) is 23.8 Å². The SMILES string of the molecule is C=C(C)C1=CCCC1O. The van der Waals surface area contributed by atoms with Crippen LogP contribution in [-0.4, -0.2) is 11.2 Å². The molecule has 0 amide bonds. The Labute approximate surface area is 55.7 Å². The van der Waals surface area contributed by atoms with Gasteiger partial charge in [0, 0.05) is 0 Å². The minimum atomic E-state index is -0.234. The Balaban J connectivity index is 2.68. The molecule has 0 bridgehead atoms. The second-order valence-corrected chi connectivity index (χ2v) is 2.53. The van der Waals surface area contributed by atoms with E-state index in [1.54, 1.807) is 0 Å². The number of rotatable bonds is 1. The summed E-state index contributed by atoms with van der Waals surface area (Å²) in [5, 5.41) is 9.23. The van der Waals surface area contributed by atoms with Gasteiger partial charge in [-0.15, -0.1) is 0 Å². The summed E-state index contributed by atoms with van der Waals surface area (Å²) < 4.78 is 0. The molecule has 0 aromatic heterocycles. The number of aliphatic hydroxyl groups is 1. The molecule has 0 saturated carbocycles. The van der Waals surface area contributed by atoms with Gasteiger partial charge in [-0.25, -0.2) is 0 Å². The summed E-state index contributed by atoms with van der Waals surface area (Å²) in [7, 11) is 0. The minimum absolute atomic E-state index is 0.234. The van der Waals surface area contributed by atoms with E-state index in [2.05, 4.69) is 12.7 Å². The third-order valence-corrected chi connectivity index (χ3v) is 1.66. The predicted octanol–water partition coefficient (Wildman–Crippen LogP) is 1.64. The molecule has 50 valence electrons. The molecular weight excluding hydrogens is 112 g/mol. The van der Waals surface area contributed by atoms with E-state index in [0.29, 0.717) is 0 Å². The Morgan fingerprint density at radius 2 is 2.56 bits per heavy atom. The molecule has 1 nitrogen and oxygen atoms in total. The fourth-order valence-corrected chi connectivity index (χ4v) is 1.15. The monoisotopic (exact) mass is 124 g/mol. The molecule has 0 aromatic carbocycles. The van der Waals surface area contributed by atoms with Gasteiger partial charge in [-0.2, -0.15) is 0 Å². The maximum absolute atomic E-state index is 9.23. The Kier molecular flexibility index (Phi) is 1.72. The van der Waals surface area contributed by atoms with E-state index < -0.39 is 0 Å². The first kappa shape index (κ1) is 6.56. The lowest BCUT2D eigenvalue weighted by atomic mass is 10.1. The van der Waals surface area contributed by atoms with E-state index in [-0.39, 0.29) is 6.10 Å². The van der Waals surface area contributed by atoms with Crippen LogP contribution in [-0.2, 0) is 0 Å². The lowest BCUT2D eigenvalue weighted by molar-refractivity contribution is 0.214. The molecule has 1 rings (SSSR count). The van der Waals surface area contributed by atoms with Crippen molar-refractivity contribution in [2.75, 3.05) is 0 Å². The molecular formula is C8H12O. The van der Waals surface area contributed by atoms with E-state index in [1.165, 1.54) is 0 Å². The first-order valence-electron chi connectivity index (χ1n) is 3.26. The van der Waals surface area contributed by atoms with E-state index in [0.717, 1.165) is 24.0 Å². The van der Waals surface area contributed by atoms with Gasteiger partial charge in [-0.3, -0.25) is 0 Å². The van der Waals surface area contributed by atoms with Crippen molar-refractivity contribution in [1.82, 2.24) is 0 Å². The van der Waals surface area contributed by atoms with Crippen LogP contribution in [0.1, 0.15) is 19.8 Å². The van der Waals surface area contributed by atoms with E-state index in [4.69, 9.17) is 0 Å². The quantitative estimate of drug-likeness (QED) is 0.563. The molecule has 0 aromatic rings. The lowest BCUT2D eigenvalue weighted by Crippen LogP contribution is -2.04. The summed E-state index contributed by atoms with van der Waals surface area (Å²) in [6.45, 7) is 5.69. The van der Waals surface area contributed by atoms with Crippen molar-refractivity contribution in [2.24, 2.45) is 0 Å². The average Bonchev–Trinajstić information content (AvgIpc) is 2.13. The molecule has 1 unspecified atom stereocenters. The van der Waals surface area contributed by atoms with Crippen LogP contribution < -0.4 is 0 Å². The fraction of sp³-hybridized carbons (Fsp3) is 0.500. The second kappa shape index (κ2) is 2.36. The molecule has 1 aliphatic carbocycles. The zero-order valence-corrected chi connectivity index (χ0v) is 5.72. The smallest absolute Gasteiger partial charge is 0.0792 e. The molecule has 1 atom stereocenters. The molecule has 0 aliphatic heterocycles. The van der Waals surface area contributed by atoms with Crippen LogP contribution in [0.5, 0.6) is 0 Å². The molecule has 9 heavy (non-hydrogen) atoms. The Bertz CT molecular complexity index is 156. The second-order valence-electron chi connectivity index (χ2n) is 2.53. The van der Waals surface area contributed by atoms with Gasteiger partial charge in [0.15, 0.2) is 0 Å². The molecule has 0 heterocycles. The lowest BCUT2D eigenvalue weighted by Gasteiger charge is -2.05. The fourth-order valence-electron chi connectivity index (χ4n) is 1.15. The maximum atomic E-state index is 9.23. The topological polar surface area (TPSA) is 20.2 Å². The molecule has 0 fully saturated rings. The first-order chi connectivity index (χ1) is 4.22. The van der Waals surface area contributed by atoms with Crippen LogP contribution in [0, 0.1) is 0 Å². The van der Waals surface area contributed by atoms with Crippen LogP contribution in [0.25, 0.3) is 0 Å². The molecule has 0 saturated heterocycles. The van der Waals surface area contributed by atoms with Crippen LogP contribution >= 0.6 is 0 Å². The standard InChI is InChI=1S/C8H12O/c1-6(2)7-4-3-5-8(7)9/h4,8-9H,1,3,5H2,2H3. The van der Waals surface area contributed by atoms with Crippen LogP contribution in [0.15, 0.2) is 23.8 Å². The number of hydrogen-bond donors (Lipinski definition) is 1. The highest BCUT2D eigenvalue weighted by molar-refractivity contribution is 5.32. The van der Waals surface area contributed by atoms with Gasteiger partial charge in [-0.05, 0) is 25.3 Å². The number of aliphatic hydroxyl groups excluding tert-OH is 1. The molecule has 0 radical (unpaired) electrons. The highest BCUT2D eigenvalue weighted by Crippen LogP contribution is 2.23. The molecule has 1 N–H and O–H groups in total. The zero-order chi connectivity index (χ0) is 6.85. The van der Waals surface area contributed by atoms with Gasteiger partial charge in [0.2, 0.25) is 0 Å². The molecule has 0 spiro atoms. The van der Waals surface area contributed by atoms with Crippen molar-refractivity contribution in [1.29, 1.82) is 0 Å². The van der Waals surface area contributed by atoms with Gasteiger partial charge in [-0.1, -0.05) is 18.2 Å². The molecule has 1 heteroatoms. The minimum Gasteiger partial charge on any atom is -0.388 e. The highest BCUT2D eigenvalue weighted by Gasteiger charge is 2.15. The molecule has 1 aliphatic rings. The number of allylic oxidation sites excluding steroid dienone is 1. The first-order valence-corrected chi connectivity index (χ1v) is 3.26. The van der Waals surface area contributed by atoms with Crippen LogP contribution in [0.4, 0.5) is 0 Å². The van der Waals surface area contributed by atoms with Crippen LogP contribution in [0.2, 0.25) is 0 Å². The predicted molar refractivity (Wildman–Crippen MR) is 38.1 cm³/mol. The van der Waals surface area contributed by atoms with Gasteiger partial charge in [0.1, 0.15) is 0 Å². The largest absolute Gasteiger partial charge is 0.388 e. The maximum Gasteiger partial charge on any atom is 0.0792 e. The summed E-state index contributed by atoms with van der Waals surface area (Å²) in [5.41, 5.74) is 2.04. The van der Waals surface area contributed by atoms with Gasteiger partial charge in [0.05, 0.1) is 6.10 Å². The summed E-state index contributed by atoms with van der Waals surface area (Å²) in [4.78, 5) is 0. The van der Waals surface area contributed by atoms with Crippen molar-refractivity contribution in [2.45, 2.75) is 25.9 Å². The summed E-state index contributed by atoms with van der Waals surface area (Å²) in [5.74, 6) is 0. The zero-order valence-electron chi connectivity index (χ0n) is 5.72. The van der Waals surface area contributed by atoms with Crippen molar-refractivity contribution < 1.29 is 5.11 Å². The van der Waals surface area contributed by atoms with Crippen molar-refractivity contribution in [3.63, 3.8) is 0 Å². The Morgan fingerprint density at radius 1 is 1.89 bits per heavy atom. The Morgan fingerprint density at radius 3 is 2.78 bits per heavy atom. The van der Waals surface area contributed by atoms with Gasteiger partial charge >= 0.3 is 0 Å². The van der Waals surface area contributed by atoms with E-state index in [1.807, 2.05) is 6.92 Å². The van der Waals surface area contributed by atoms with Crippen molar-refractivity contribution in [3.8, 4) is 0 Å². The number of hydrogen-bond acceptors (Lipinski definition) is 1. The van der Waals surface area contributed by atoms with E-state index in [9.17, 15) is 5.11 Å². The van der Waals surface area contributed by atoms with Gasteiger partial charge < -0.3 is 5.11 Å². The summed E-state index contributed by atoms with van der Waals surface area (Å²) in [6, 6.07) is 0. The van der Waals surface area contributed by atoms with Crippen LogP contribution in [0.3, 0.4) is 0 Å². The Hall–Kier alpha value is -0.560. The normalized spacial score (nSPS) is 26.0. The summed E-state index contributed by atoms with van der Waals surface area (Å²) in [6.07, 6.45) is 3.71. The van der Waals surface area contributed by atoms with Crippen molar-refractivity contribution >= 4 is 0 Å².